The summed E-state index contributed by atoms with van der Waals surface area (Å²) in [6.07, 6.45) is 1.81. The van der Waals surface area contributed by atoms with Crippen molar-refractivity contribution in [2.75, 3.05) is 5.32 Å². The molecule has 0 saturated heterocycles. The van der Waals surface area contributed by atoms with Gasteiger partial charge in [0.15, 0.2) is 6.19 Å². The van der Waals surface area contributed by atoms with Gasteiger partial charge < -0.3 is 0 Å². The third-order valence-corrected chi connectivity index (χ3v) is 2.12. The maximum Gasteiger partial charge on any atom is 0.181 e. The molecule has 1 aromatic carbocycles. The summed E-state index contributed by atoms with van der Waals surface area (Å²) in [6.45, 7) is 1.78. The van der Waals surface area contributed by atoms with Crippen LogP contribution in [0.3, 0.4) is 0 Å². The summed E-state index contributed by atoms with van der Waals surface area (Å²) < 4.78 is 0. The van der Waals surface area contributed by atoms with E-state index in [9.17, 15) is 0 Å². The minimum atomic E-state index is 0.503. The number of thiol groups is 1. The summed E-state index contributed by atoms with van der Waals surface area (Å²) >= 11 is 4.13. The highest BCUT2D eigenvalue weighted by Crippen LogP contribution is 2.23. The quantitative estimate of drug-likeness (QED) is 0.404. The average Bonchev–Trinajstić information content (AvgIpc) is 2.11. The molecule has 0 spiro atoms. The van der Waals surface area contributed by atoms with Crippen LogP contribution in [-0.4, -0.2) is 0 Å². The second kappa shape index (κ2) is 3.84. The summed E-state index contributed by atoms with van der Waals surface area (Å²) in [5, 5.41) is 19.7. The lowest BCUT2D eigenvalue weighted by molar-refractivity contribution is 1.29. The Kier molecular flexibility index (Phi) is 2.79. The summed E-state index contributed by atoms with van der Waals surface area (Å²) in [4.78, 5) is 0.628. The molecule has 1 aromatic rings. The first-order valence-electron chi connectivity index (χ1n) is 3.58. The molecule has 0 amide bonds. The summed E-state index contributed by atoms with van der Waals surface area (Å²) in [5.41, 5.74) is 1.90. The maximum atomic E-state index is 8.78. The van der Waals surface area contributed by atoms with Gasteiger partial charge in [0.05, 0.1) is 11.3 Å². The number of anilines is 1. The second-order valence-electron chi connectivity index (χ2n) is 2.48. The van der Waals surface area contributed by atoms with Gasteiger partial charge in [0.1, 0.15) is 6.07 Å². The Morgan fingerprint density at radius 2 is 2.08 bits per heavy atom. The van der Waals surface area contributed by atoms with Crippen molar-refractivity contribution in [1.82, 2.24) is 0 Å². The minimum Gasteiger partial charge on any atom is -0.293 e. The van der Waals surface area contributed by atoms with Crippen LogP contribution in [0.5, 0.6) is 0 Å². The molecule has 4 heteroatoms. The van der Waals surface area contributed by atoms with Gasteiger partial charge in [-0.25, -0.2) is 0 Å². The summed E-state index contributed by atoms with van der Waals surface area (Å²) in [7, 11) is 0. The van der Waals surface area contributed by atoms with Crippen LogP contribution in [0.1, 0.15) is 11.1 Å². The van der Waals surface area contributed by atoms with E-state index in [4.69, 9.17) is 10.5 Å². The standard InChI is InChI=1S/C9H7N3S/c1-6-7(4-10)9(13)3-2-8(6)12-5-11/h2-3,12-13H,1H3. The van der Waals surface area contributed by atoms with Crippen molar-refractivity contribution >= 4 is 18.3 Å². The van der Waals surface area contributed by atoms with E-state index >= 15 is 0 Å². The van der Waals surface area contributed by atoms with Crippen molar-refractivity contribution in [3.8, 4) is 12.3 Å². The van der Waals surface area contributed by atoms with E-state index in [0.717, 1.165) is 5.56 Å². The van der Waals surface area contributed by atoms with E-state index in [1.165, 1.54) is 0 Å². The van der Waals surface area contributed by atoms with Gasteiger partial charge in [-0.1, -0.05) is 0 Å². The van der Waals surface area contributed by atoms with Crippen molar-refractivity contribution in [1.29, 1.82) is 10.5 Å². The maximum absolute atomic E-state index is 8.78. The topological polar surface area (TPSA) is 59.6 Å². The van der Waals surface area contributed by atoms with Gasteiger partial charge in [-0.3, -0.25) is 5.32 Å². The van der Waals surface area contributed by atoms with Crippen molar-refractivity contribution in [3.63, 3.8) is 0 Å². The first-order chi connectivity index (χ1) is 6.20. The molecule has 0 radical (unpaired) electrons. The summed E-state index contributed by atoms with van der Waals surface area (Å²) in [6, 6.07) is 5.45. The third kappa shape index (κ3) is 1.74. The van der Waals surface area contributed by atoms with Crippen LogP contribution in [0.15, 0.2) is 17.0 Å². The van der Waals surface area contributed by atoms with Crippen molar-refractivity contribution in [2.24, 2.45) is 0 Å². The predicted molar refractivity (Wildman–Crippen MR) is 52.4 cm³/mol. The van der Waals surface area contributed by atoms with Gasteiger partial charge in [0.2, 0.25) is 0 Å². The van der Waals surface area contributed by atoms with Crippen molar-refractivity contribution < 1.29 is 0 Å². The second-order valence-corrected chi connectivity index (χ2v) is 2.96. The number of hydrogen-bond donors (Lipinski definition) is 2. The highest BCUT2D eigenvalue weighted by Gasteiger charge is 2.06. The first-order valence-corrected chi connectivity index (χ1v) is 4.03. The number of nitriles is 2. The number of nitrogens with one attached hydrogen (secondary N) is 1. The fourth-order valence-electron chi connectivity index (χ4n) is 1.03. The number of hydrogen-bond acceptors (Lipinski definition) is 4. The molecule has 0 unspecified atom stereocenters. The molecule has 0 heterocycles. The highest BCUT2D eigenvalue weighted by molar-refractivity contribution is 7.80. The fraction of sp³-hybridized carbons (Fsp3) is 0.111. The van der Waals surface area contributed by atoms with E-state index < -0.39 is 0 Å². The van der Waals surface area contributed by atoms with E-state index in [0.29, 0.717) is 16.1 Å². The molecule has 13 heavy (non-hydrogen) atoms. The lowest BCUT2D eigenvalue weighted by atomic mass is 10.1. The van der Waals surface area contributed by atoms with E-state index in [1.807, 2.05) is 12.3 Å². The van der Waals surface area contributed by atoms with Gasteiger partial charge in [-0.05, 0) is 24.6 Å². The van der Waals surface area contributed by atoms with E-state index in [-0.39, 0.29) is 0 Å². The highest BCUT2D eigenvalue weighted by atomic mass is 32.1. The van der Waals surface area contributed by atoms with E-state index in [1.54, 1.807) is 19.1 Å². The zero-order valence-electron chi connectivity index (χ0n) is 7.00. The number of nitrogens with zero attached hydrogens (tertiary/aromatic N) is 2. The Balaban J connectivity index is 3.31. The molecule has 0 aliphatic heterocycles. The minimum absolute atomic E-state index is 0.503. The Bertz CT molecular complexity index is 412. The van der Waals surface area contributed by atoms with Gasteiger partial charge in [-0.15, -0.1) is 12.6 Å². The molecule has 0 fully saturated rings. The Morgan fingerprint density at radius 3 is 2.62 bits per heavy atom. The molecule has 0 aromatic heterocycles. The predicted octanol–water partition coefficient (Wildman–Crippen LogP) is 2.05. The molecule has 0 aliphatic rings. The van der Waals surface area contributed by atoms with Crippen LogP contribution < -0.4 is 5.32 Å². The van der Waals surface area contributed by atoms with Crippen LogP contribution in [0.25, 0.3) is 0 Å². The molecule has 1 rings (SSSR count). The zero-order chi connectivity index (χ0) is 9.84. The van der Waals surface area contributed by atoms with Crippen LogP contribution in [0, 0.1) is 29.7 Å². The van der Waals surface area contributed by atoms with Crippen LogP contribution in [0.2, 0.25) is 0 Å². The Labute approximate surface area is 82.0 Å². The van der Waals surface area contributed by atoms with Crippen molar-refractivity contribution in [2.45, 2.75) is 11.8 Å². The van der Waals surface area contributed by atoms with Crippen molar-refractivity contribution in [3.05, 3.63) is 23.3 Å². The lowest BCUT2D eigenvalue weighted by Crippen LogP contribution is -1.94. The molecule has 1 N–H and O–H groups in total. The van der Waals surface area contributed by atoms with Gasteiger partial charge >= 0.3 is 0 Å². The smallest absolute Gasteiger partial charge is 0.181 e. The number of rotatable bonds is 1. The molecule has 0 atom stereocenters. The Morgan fingerprint density at radius 1 is 1.38 bits per heavy atom. The molecule has 0 aliphatic carbocycles. The van der Waals surface area contributed by atoms with Crippen LogP contribution in [0.4, 0.5) is 5.69 Å². The van der Waals surface area contributed by atoms with E-state index in [2.05, 4.69) is 17.9 Å². The van der Waals surface area contributed by atoms with Crippen LogP contribution >= 0.6 is 12.6 Å². The third-order valence-electron chi connectivity index (χ3n) is 1.75. The fourth-order valence-corrected chi connectivity index (χ4v) is 1.33. The monoisotopic (exact) mass is 189 g/mol. The normalized spacial score (nSPS) is 8.62. The molecule has 3 nitrogen and oxygen atoms in total. The Hall–Kier alpha value is -1.65. The zero-order valence-corrected chi connectivity index (χ0v) is 7.89. The first kappa shape index (κ1) is 9.44. The number of benzene rings is 1. The largest absolute Gasteiger partial charge is 0.293 e. The van der Waals surface area contributed by atoms with Gasteiger partial charge in [0, 0.05) is 4.90 Å². The van der Waals surface area contributed by atoms with Gasteiger partial charge in [-0.2, -0.15) is 10.5 Å². The van der Waals surface area contributed by atoms with Gasteiger partial charge in [0.25, 0.3) is 0 Å². The SMILES string of the molecule is Cc1c(NC#N)ccc(S)c1C#N. The molecule has 64 valence electrons. The lowest BCUT2D eigenvalue weighted by Gasteiger charge is -2.05. The molecular formula is C9H7N3S. The van der Waals surface area contributed by atoms with Crippen LogP contribution in [-0.2, 0) is 0 Å². The molecule has 0 saturated carbocycles. The summed E-state index contributed by atoms with van der Waals surface area (Å²) in [5.74, 6) is 0. The molecular weight excluding hydrogens is 182 g/mol. The molecule has 0 bridgehead atoms. The average molecular weight is 189 g/mol.